The number of furan rings is 1. The minimum atomic E-state index is -0.375. The molecule has 0 saturated carbocycles. The molecule has 1 aliphatic rings. The highest BCUT2D eigenvalue weighted by Crippen LogP contribution is 2.32. The van der Waals surface area contributed by atoms with E-state index in [0.29, 0.717) is 21.4 Å². The van der Waals surface area contributed by atoms with Gasteiger partial charge in [-0.25, -0.2) is 0 Å². The van der Waals surface area contributed by atoms with Crippen LogP contribution in [-0.4, -0.2) is 45.3 Å². The number of amides is 2. The van der Waals surface area contributed by atoms with Crippen LogP contribution in [0.2, 0.25) is 0 Å². The van der Waals surface area contributed by atoms with Gasteiger partial charge in [-0.1, -0.05) is 54.3 Å². The Morgan fingerprint density at radius 2 is 2.07 bits per heavy atom. The first kappa shape index (κ1) is 20.3. The van der Waals surface area contributed by atoms with Crippen LogP contribution in [0.3, 0.4) is 0 Å². The molecule has 1 fully saturated rings. The third-order valence-corrected chi connectivity index (χ3v) is 5.54. The Hall–Kier alpha value is -2.42. The molecule has 0 spiro atoms. The molecule has 6 nitrogen and oxygen atoms in total. The summed E-state index contributed by atoms with van der Waals surface area (Å²) in [5.74, 6) is 0.103. The molecule has 0 aliphatic carbocycles. The molecule has 28 heavy (non-hydrogen) atoms. The number of benzene rings is 1. The van der Waals surface area contributed by atoms with E-state index in [2.05, 4.69) is 5.32 Å². The van der Waals surface area contributed by atoms with Gasteiger partial charge in [0.15, 0.2) is 0 Å². The summed E-state index contributed by atoms with van der Waals surface area (Å²) in [6.45, 7) is 0.0308. The second-order valence-electron chi connectivity index (χ2n) is 6.24. The largest absolute Gasteiger partial charge is 0.465 e. The molecule has 1 atom stereocenters. The molecule has 1 unspecified atom stereocenters. The summed E-state index contributed by atoms with van der Waals surface area (Å²) in [6.07, 6.45) is 3.81. The molecule has 2 N–H and O–H groups in total. The molecule has 0 bridgehead atoms. The van der Waals surface area contributed by atoms with E-state index in [1.54, 1.807) is 18.2 Å². The minimum Gasteiger partial charge on any atom is -0.465 e. The van der Waals surface area contributed by atoms with Crippen molar-refractivity contribution in [2.75, 3.05) is 13.2 Å². The van der Waals surface area contributed by atoms with Crippen LogP contribution in [0, 0.1) is 0 Å². The molecule has 1 aliphatic heterocycles. The molecule has 0 radical (unpaired) electrons. The predicted octanol–water partition coefficient (Wildman–Crippen LogP) is 2.59. The first-order valence-electron chi connectivity index (χ1n) is 8.80. The van der Waals surface area contributed by atoms with E-state index in [4.69, 9.17) is 16.6 Å². The van der Waals surface area contributed by atoms with Crippen molar-refractivity contribution in [1.29, 1.82) is 0 Å². The molecule has 2 heterocycles. The quantitative estimate of drug-likeness (QED) is 0.508. The van der Waals surface area contributed by atoms with Gasteiger partial charge in [0.2, 0.25) is 5.91 Å². The Labute approximate surface area is 172 Å². The Balaban J connectivity index is 1.52. The van der Waals surface area contributed by atoms with Gasteiger partial charge >= 0.3 is 0 Å². The zero-order valence-electron chi connectivity index (χ0n) is 15.0. The number of thioether (sulfide) groups is 1. The number of nitrogens with one attached hydrogen (secondary N) is 1. The Morgan fingerprint density at radius 3 is 2.75 bits per heavy atom. The summed E-state index contributed by atoms with van der Waals surface area (Å²) in [5.41, 5.74) is 1.03. The number of aliphatic hydroxyl groups excluding tert-OH is 1. The number of aliphatic hydroxyl groups is 1. The highest BCUT2D eigenvalue weighted by atomic mass is 32.2. The number of nitrogens with zero attached hydrogens (tertiary/aromatic N) is 1. The molecule has 146 valence electrons. The van der Waals surface area contributed by atoms with E-state index in [9.17, 15) is 14.7 Å². The van der Waals surface area contributed by atoms with Gasteiger partial charge in [-0.2, -0.15) is 0 Å². The lowest BCUT2D eigenvalue weighted by molar-refractivity contribution is -0.124. The zero-order chi connectivity index (χ0) is 19.9. The van der Waals surface area contributed by atoms with Crippen molar-refractivity contribution in [3.8, 4) is 0 Å². The first-order chi connectivity index (χ1) is 13.6. The monoisotopic (exact) mass is 416 g/mol. The second kappa shape index (κ2) is 9.68. The van der Waals surface area contributed by atoms with Gasteiger partial charge in [-0.15, -0.1) is 0 Å². The summed E-state index contributed by atoms with van der Waals surface area (Å²) >= 11 is 6.45. The lowest BCUT2D eigenvalue weighted by atomic mass is 10.1. The predicted molar refractivity (Wildman–Crippen MR) is 112 cm³/mol. The van der Waals surface area contributed by atoms with Crippen LogP contribution in [0.25, 0.3) is 6.08 Å². The summed E-state index contributed by atoms with van der Waals surface area (Å²) in [6, 6.07) is 12.7. The van der Waals surface area contributed by atoms with E-state index in [1.165, 1.54) is 22.9 Å². The van der Waals surface area contributed by atoms with E-state index in [1.807, 2.05) is 30.3 Å². The maximum absolute atomic E-state index is 12.5. The number of carbonyl (C=O) groups excluding carboxylic acids is 2. The number of rotatable bonds is 8. The standard InChI is InChI=1S/C20H20N2O4S2/c23-13-15(11-14-5-2-1-3-6-14)21-18(24)8-9-22-19(25)17(28-20(22)27)12-16-7-4-10-26-16/h1-7,10,12,15,23H,8-9,11,13H2,(H,21,24). The molecular weight excluding hydrogens is 396 g/mol. The summed E-state index contributed by atoms with van der Waals surface area (Å²) in [4.78, 5) is 26.7. The molecule has 2 aromatic rings. The highest BCUT2D eigenvalue weighted by molar-refractivity contribution is 8.26. The minimum absolute atomic E-state index is 0.103. The van der Waals surface area contributed by atoms with Gasteiger partial charge in [-0.3, -0.25) is 14.5 Å². The highest BCUT2D eigenvalue weighted by Gasteiger charge is 2.32. The third kappa shape index (κ3) is 5.31. The van der Waals surface area contributed by atoms with Crippen molar-refractivity contribution in [3.63, 3.8) is 0 Å². The van der Waals surface area contributed by atoms with Crippen molar-refractivity contribution in [1.82, 2.24) is 10.2 Å². The van der Waals surface area contributed by atoms with Gasteiger partial charge in [-0.05, 0) is 24.1 Å². The summed E-state index contributed by atoms with van der Waals surface area (Å²) in [7, 11) is 0. The fourth-order valence-electron chi connectivity index (χ4n) is 2.77. The molecule has 3 rings (SSSR count). The Bertz CT molecular complexity index is 866. The Morgan fingerprint density at radius 1 is 1.29 bits per heavy atom. The molecule has 1 saturated heterocycles. The van der Waals surface area contributed by atoms with E-state index >= 15 is 0 Å². The SMILES string of the molecule is O=C(CCN1C(=O)C(=Cc2ccco2)SC1=S)NC(CO)Cc1ccccc1. The van der Waals surface area contributed by atoms with Gasteiger partial charge in [0.1, 0.15) is 10.1 Å². The van der Waals surface area contributed by atoms with E-state index < -0.39 is 0 Å². The van der Waals surface area contributed by atoms with Gasteiger partial charge in [0.25, 0.3) is 5.91 Å². The van der Waals surface area contributed by atoms with Gasteiger partial charge < -0.3 is 14.8 Å². The molecular formula is C20H20N2O4S2. The smallest absolute Gasteiger partial charge is 0.266 e. The van der Waals surface area contributed by atoms with E-state index in [0.717, 1.165) is 5.56 Å². The van der Waals surface area contributed by atoms with E-state index in [-0.39, 0.29) is 37.4 Å². The maximum atomic E-state index is 12.5. The molecule has 1 aromatic carbocycles. The van der Waals surface area contributed by atoms with Gasteiger partial charge in [0, 0.05) is 19.0 Å². The van der Waals surface area contributed by atoms with Crippen LogP contribution in [0.4, 0.5) is 0 Å². The number of thiocarbonyl (C=S) groups is 1. The van der Waals surface area contributed by atoms with Crippen LogP contribution in [0.5, 0.6) is 0 Å². The van der Waals surface area contributed by atoms with Crippen LogP contribution in [-0.2, 0) is 16.0 Å². The van der Waals surface area contributed by atoms with Crippen LogP contribution in [0.1, 0.15) is 17.7 Å². The van der Waals surface area contributed by atoms with Crippen LogP contribution in [0.15, 0.2) is 58.1 Å². The average Bonchev–Trinajstić information content (AvgIpc) is 3.29. The number of hydrogen-bond donors (Lipinski definition) is 2. The lowest BCUT2D eigenvalue weighted by Gasteiger charge is -2.18. The first-order valence-corrected chi connectivity index (χ1v) is 10.0. The van der Waals surface area contributed by atoms with Crippen molar-refractivity contribution in [3.05, 3.63) is 65.0 Å². The lowest BCUT2D eigenvalue weighted by Crippen LogP contribution is -2.41. The molecule has 2 amide bonds. The zero-order valence-corrected chi connectivity index (χ0v) is 16.7. The van der Waals surface area contributed by atoms with Crippen molar-refractivity contribution in [2.24, 2.45) is 0 Å². The summed E-state index contributed by atoms with van der Waals surface area (Å²) < 4.78 is 5.64. The van der Waals surface area contributed by atoms with Gasteiger partial charge in [0.05, 0.1) is 23.8 Å². The maximum Gasteiger partial charge on any atom is 0.266 e. The average molecular weight is 417 g/mol. The fraction of sp³-hybridized carbons (Fsp3) is 0.250. The summed E-state index contributed by atoms with van der Waals surface area (Å²) in [5, 5.41) is 12.3. The van der Waals surface area contributed by atoms with Crippen LogP contribution >= 0.6 is 24.0 Å². The Kier molecular flexibility index (Phi) is 7.02. The number of carbonyl (C=O) groups is 2. The molecule has 8 heteroatoms. The molecule has 1 aromatic heterocycles. The van der Waals surface area contributed by atoms with Crippen molar-refractivity contribution >= 4 is 46.2 Å². The van der Waals surface area contributed by atoms with Crippen LogP contribution < -0.4 is 5.32 Å². The van der Waals surface area contributed by atoms with Crippen molar-refractivity contribution in [2.45, 2.75) is 18.9 Å². The number of hydrogen-bond acceptors (Lipinski definition) is 6. The topological polar surface area (TPSA) is 82.8 Å². The normalized spacial score (nSPS) is 16.6. The third-order valence-electron chi connectivity index (χ3n) is 4.16. The van der Waals surface area contributed by atoms with Crippen molar-refractivity contribution < 1.29 is 19.1 Å². The second-order valence-corrected chi connectivity index (χ2v) is 7.91. The fourth-order valence-corrected chi connectivity index (χ4v) is 4.06.